The smallest absolute Gasteiger partial charge is 0.217 e. The Balaban J connectivity index is 1.95. The first-order chi connectivity index (χ1) is 17.4. The molecule has 15 unspecified atom stereocenters. The van der Waals surface area contributed by atoms with Crippen LogP contribution in [0.25, 0.3) is 0 Å². The molecule has 9 N–H and O–H groups in total. The average Bonchev–Trinajstić information content (AvgIpc) is 2.87. The summed E-state index contributed by atoms with van der Waals surface area (Å²) in [5.74, 6) is -0.555. The van der Waals surface area contributed by atoms with Gasteiger partial charge in [0.15, 0.2) is 18.9 Å². The molecule has 3 aliphatic heterocycles. The summed E-state index contributed by atoms with van der Waals surface area (Å²) in [6.45, 7) is 1.21. The molecule has 0 aromatic heterocycles. The van der Waals surface area contributed by atoms with Crippen molar-refractivity contribution < 1.29 is 74.1 Å². The number of rotatable bonds is 8. The van der Waals surface area contributed by atoms with Gasteiger partial charge >= 0.3 is 0 Å². The van der Waals surface area contributed by atoms with E-state index in [-0.39, 0.29) is 0 Å². The van der Waals surface area contributed by atoms with Gasteiger partial charge in [-0.3, -0.25) is 4.79 Å². The summed E-state index contributed by atoms with van der Waals surface area (Å²) in [6, 6.07) is -1.18. The molecule has 16 heteroatoms. The Morgan fingerprint density at radius 2 is 1.24 bits per heavy atom. The van der Waals surface area contributed by atoms with Crippen LogP contribution in [0.4, 0.5) is 0 Å². The van der Waals surface area contributed by atoms with Gasteiger partial charge in [0, 0.05) is 14.0 Å². The molecule has 3 saturated heterocycles. The summed E-state index contributed by atoms with van der Waals surface area (Å²) in [6.07, 6.45) is -20.8. The van der Waals surface area contributed by atoms with Crippen LogP contribution >= 0.6 is 0 Å². The number of methoxy groups -OCH3 is 1. The maximum Gasteiger partial charge on any atom is 0.217 e. The number of carbonyl (C=O) groups excluding carboxylic acids is 1. The number of nitrogens with one attached hydrogen (secondary N) is 1. The van der Waals surface area contributed by atoms with Crippen LogP contribution in [0.5, 0.6) is 0 Å². The molecule has 0 radical (unpaired) electrons. The summed E-state index contributed by atoms with van der Waals surface area (Å²) < 4.78 is 33.7. The molecule has 0 bridgehead atoms. The van der Waals surface area contributed by atoms with Gasteiger partial charge in [0.1, 0.15) is 67.1 Å². The van der Waals surface area contributed by atoms with Crippen molar-refractivity contribution in [1.29, 1.82) is 0 Å². The van der Waals surface area contributed by atoms with Gasteiger partial charge in [0.05, 0.1) is 19.3 Å². The van der Waals surface area contributed by atoms with Gasteiger partial charge in [-0.15, -0.1) is 0 Å². The minimum atomic E-state index is -1.82. The number of hydrogen-bond acceptors (Lipinski definition) is 15. The number of hydrogen-bond donors (Lipinski definition) is 9. The van der Waals surface area contributed by atoms with Crippen molar-refractivity contribution in [3.63, 3.8) is 0 Å². The summed E-state index contributed by atoms with van der Waals surface area (Å²) in [5.41, 5.74) is 0. The zero-order valence-electron chi connectivity index (χ0n) is 20.5. The Morgan fingerprint density at radius 3 is 1.78 bits per heavy atom. The van der Waals surface area contributed by atoms with E-state index in [0.717, 1.165) is 0 Å². The minimum absolute atomic E-state index is 0.555. The second-order valence-corrected chi connectivity index (χ2v) is 9.27. The molecule has 0 saturated carbocycles. The molecule has 3 aliphatic rings. The highest BCUT2D eigenvalue weighted by Crippen LogP contribution is 2.33. The highest BCUT2D eigenvalue weighted by Gasteiger charge is 2.54. The van der Waals surface area contributed by atoms with E-state index in [1.54, 1.807) is 0 Å². The van der Waals surface area contributed by atoms with Gasteiger partial charge in [0.25, 0.3) is 0 Å². The molecule has 3 fully saturated rings. The van der Waals surface area contributed by atoms with Crippen LogP contribution in [0.1, 0.15) is 13.8 Å². The summed E-state index contributed by atoms with van der Waals surface area (Å²) in [7, 11) is 1.26. The third kappa shape index (κ3) is 6.39. The number of aliphatic hydroxyl groups is 8. The van der Waals surface area contributed by atoms with Crippen LogP contribution in [0.2, 0.25) is 0 Å². The highest BCUT2D eigenvalue weighted by molar-refractivity contribution is 5.73. The fraction of sp³-hybridized carbons (Fsp3) is 0.952. The molecule has 0 spiro atoms. The predicted molar refractivity (Wildman–Crippen MR) is 116 cm³/mol. The Labute approximate surface area is 212 Å². The van der Waals surface area contributed by atoms with Gasteiger partial charge < -0.3 is 74.6 Å². The van der Waals surface area contributed by atoms with Gasteiger partial charge in [-0.2, -0.15) is 0 Å². The van der Waals surface area contributed by atoms with E-state index in [0.29, 0.717) is 0 Å². The molecule has 216 valence electrons. The minimum Gasteiger partial charge on any atom is -0.394 e. The lowest BCUT2D eigenvalue weighted by molar-refractivity contribution is -0.371. The van der Waals surface area contributed by atoms with Gasteiger partial charge in [-0.25, -0.2) is 0 Å². The number of amides is 1. The largest absolute Gasteiger partial charge is 0.394 e. The lowest BCUT2D eigenvalue weighted by Crippen LogP contribution is -2.69. The normalized spacial score (nSPS) is 49.0. The summed E-state index contributed by atoms with van der Waals surface area (Å²) in [5, 5.41) is 83.5. The van der Waals surface area contributed by atoms with Crippen LogP contribution in [-0.2, 0) is 33.2 Å². The molecule has 15 atom stereocenters. The van der Waals surface area contributed by atoms with Crippen molar-refractivity contribution in [2.24, 2.45) is 0 Å². The first-order valence-electron chi connectivity index (χ1n) is 11.8. The van der Waals surface area contributed by atoms with E-state index in [4.69, 9.17) is 28.4 Å². The lowest BCUT2D eigenvalue weighted by atomic mass is 9.94. The Bertz CT molecular complexity index is 745. The van der Waals surface area contributed by atoms with E-state index in [1.165, 1.54) is 21.0 Å². The van der Waals surface area contributed by atoms with Crippen LogP contribution < -0.4 is 5.32 Å². The summed E-state index contributed by atoms with van der Waals surface area (Å²) in [4.78, 5) is 12.0. The zero-order valence-corrected chi connectivity index (χ0v) is 20.5. The van der Waals surface area contributed by atoms with Crippen molar-refractivity contribution >= 4 is 5.91 Å². The Kier molecular flexibility index (Phi) is 10.6. The second-order valence-electron chi connectivity index (χ2n) is 9.27. The first-order valence-corrected chi connectivity index (χ1v) is 11.8. The highest BCUT2D eigenvalue weighted by atomic mass is 16.8. The molecule has 0 aromatic carbocycles. The molecule has 3 rings (SSSR count). The maximum absolute atomic E-state index is 12.0. The Morgan fingerprint density at radius 1 is 0.730 bits per heavy atom. The number of carbonyl (C=O) groups is 1. The van der Waals surface area contributed by atoms with Crippen LogP contribution in [0, 0.1) is 0 Å². The SMILES string of the molecule is COC1OC(CO)C(OC2OC(C)C(O)C(O)C2O)C(OC2OC(CO)C(O)C(O)C2O)C1NC(C)=O. The van der Waals surface area contributed by atoms with Crippen molar-refractivity contribution in [2.75, 3.05) is 20.3 Å². The van der Waals surface area contributed by atoms with E-state index >= 15 is 0 Å². The van der Waals surface area contributed by atoms with Crippen molar-refractivity contribution in [3.05, 3.63) is 0 Å². The predicted octanol–water partition coefficient (Wildman–Crippen LogP) is -5.75. The maximum atomic E-state index is 12.0. The molecule has 16 nitrogen and oxygen atoms in total. The number of aliphatic hydroxyl groups excluding tert-OH is 8. The molecule has 0 aliphatic carbocycles. The van der Waals surface area contributed by atoms with Crippen LogP contribution in [0.15, 0.2) is 0 Å². The van der Waals surface area contributed by atoms with Crippen LogP contribution in [-0.4, -0.2) is 159 Å². The van der Waals surface area contributed by atoms with E-state index < -0.39 is 111 Å². The lowest BCUT2D eigenvalue weighted by Gasteiger charge is -2.50. The van der Waals surface area contributed by atoms with Gasteiger partial charge in [-0.1, -0.05) is 0 Å². The average molecular weight is 544 g/mol. The van der Waals surface area contributed by atoms with Gasteiger partial charge in [-0.05, 0) is 6.92 Å². The van der Waals surface area contributed by atoms with Crippen LogP contribution in [0.3, 0.4) is 0 Å². The molecule has 1 amide bonds. The Hall–Kier alpha value is -1.09. The topological polar surface area (TPSA) is 246 Å². The van der Waals surface area contributed by atoms with Crippen molar-refractivity contribution in [1.82, 2.24) is 5.32 Å². The fourth-order valence-corrected chi connectivity index (χ4v) is 4.58. The van der Waals surface area contributed by atoms with Crippen molar-refractivity contribution in [2.45, 2.75) is 106 Å². The monoisotopic (exact) mass is 543 g/mol. The zero-order chi connectivity index (χ0) is 27.6. The third-order valence-corrected chi connectivity index (χ3v) is 6.67. The summed E-state index contributed by atoms with van der Waals surface area (Å²) >= 11 is 0. The number of ether oxygens (including phenoxy) is 6. The molecule has 37 heavy (non-hydrogen) atoms. The molecular formula is C21H37NO15. The molecular weight excluding hydrogens is 506 g/mol. The van der Waals surface area contributed by atoms with Gasteiger partial charge in [0.2, 0.25) is 5.91 Å². The van der Waals surface area contributed by atoms with E-state index in [2.05, 4.69) is 5.32 Å². The first kappa shape index (κ1) is 30.5. The molecule has 3 heterocycles. The third-order valence-electron chi connectivity index (χ3n) is 6.67. The van der Waals surface area contributed by atoms with Crippen molar-refractivity contribution in [3.8, 4) is 0 Å². The standard InChI is InChI=1S/C21H37NO15/c1-6-11(26)13(28)15(30)20(33-6)36-17-9(5-24)35-19(32-3)10(22-7(2)25)18(17)37-21-16(31)14(29)12(27)8(4-23)34-21/h6,8-21,23-24,26-31H,4-5H2,1-3H3,(H,22,25). The molecule has 0 aromatic rings. The second kappa shape index (κ2) is 12.8. The van der Waals surface area contributed by atoms with E-state index in [1.807, 2.05) is 0 Å². The fourth-order valence-electron chi connectivity index (χ4n) is 4.58. The van der Waals surface area contributed by atoms with E-state index in [9.17, 15) is 45.6 Å². The quantitative estimate of drug-likeness (QED) is 0.138.